The van der Waals surface area contributed by atoms with Crippen LogP contribution in [0.2, 0.25) is 0 Å². The SMILES string of the molecule is Cc1ccsc1[C@@H](C)Nc1cnn(C)c1. The molecule has 80 valence electrons. The summed E-state index contributed by atoms with van der Waals surface area (Å²) < 4.78 is 1.80. The molecule has 1 atom stereocenters. The molecule has 2 heterocycles. The molecule has 0 bridgehead atoms. The van der Waals surface area contributed by atoms with Crippen molar-refractivity contribution in [2.45, 2.75) is 19.9 Å². The van der Waals surface area contributed by atoms with E-state index in [1.807, 2.05) is 19.4 Å². The third-order valence-corrected chi connectivity index (χ3v) is 3.58. The van der Waals surface area contributed by atoms with E-state index < -0.39 is 0 Å². The summed E-state index contributed by atoms with van der Waals surface area (Å²) in [6.45, 7) is 4.32. The predicted molar refractivity (Wildman–Crippen MR) is 64.3 cm³/mol. The second-order valence-electron chi connectivity index (χ2n) is 3.74. The first-order valence-electron chi connectivity index (χ1n) is 4.96. The lowest BCUT2D eigenvalue weighted by molar-refractivity contribution is 0.767. The maximum absolute atomic E-state index is 4.13. The first-order valence-corrected chi connectivity index (χ1v) is 5.84. The lowest BCUT2D eigenvalue weighted by atomic mass is 10.2. The van der Waals surface area contributed by atoms with E-state index >= 15 is 0 Å². The molecule has 2 rings (SSSR count). The molecule has 1 N–H and O–H groups in total. The monoisotopic (exact) mass is 221 g/mol. The molecule has 0 amide bonds. The topological polar surface area (TPSA) is 29.9 Å². The van der Waals surface area contributed by atoms with Gasteiger partial charge in [-0.15, -0.1) is 11.3 Å². The van der Waals surface area contributed by atoms with Gasteiger partial charge in [0.2, 0.25) is 0 Å². The van der Waals surface area contributed by atoms with Crippen LogP contribution in [0.1, 0.15) is 23.4 Å². The molecule has 2 aromatic heterocycles. The molecule has 2 aromatic rings. The fourth-order valence-corrected chi connectivity index (χ4v) is 2.58. The van der Waals surface area contributed by atoms with Crippen LogP contribution in [-0.2, 0) is 7.05 Å². The van der Waals surface area contributed by atoms with E-state index in [2.05, 4.69) is 35.7 Å². The van der Waals surface area contributed by atoms with Gasteiger partial charge in [0.25, 0.3) is 0 Å². The highest BCUT2D eigenvalue weighted by atomic mass is 32.1. The van der Waals surface area contributed by atoms with E-state index in [4.69, 9.17) is 0 Å². The molecule has 0 saturated heterocycles. The van der Waals surface area contributed by atoms with Crippen molar-refractivity contribution < 1.29 is 0 Å². The molecule has 3 nitrogen and oxygen atoms in total. The second kappa shape index (κ2) is 4.06. The van der Waals surface area contributed by atoms with E-state index in [0.29, 0.717) is 6.04 Å². The zero-order chi connectivity index (χ0) is 10.8. The van der Waals surface area contributed by atoms with Crippen molar-refractivity contribution in [3.05, 3.63) is 34.3 Å². The highest BCUT2D eigenvalue weighted by Crippen LogP contribution is 2.26. The minimum atomic E-state index is 0.342. The number of rotatable bonds is 3. The van der Waals surface area contributed by atoms with Crippen molar-refractivity contribution in [1.82, 2.24) is 9.78 Å². The van der Waals surface area contributed by atoms with Crippen molar-refractivity contribution in [3.8, 4) is 0 Å². The number of nitrogens with one attached hydrogen (secondary N) is 1. The van der Waals surface area contributed by atoms with Crippen LogP contribution in [-0.4, -0.2) is 9.78 Å². The third-order valence-electron chi connectivity index (χ3n) is 2.38. The van der Waals surface area contributed by atoms with Crippen LogP contribution < -0.4 is 5.32 Å². The van der Waals surface area contributed by atoms with Crippen LogP contribution in [0.3, 0.4) is 0 Å². The molecular weight excluding hydrogens is 206 g/mol. The lowest BCUT2D eigenvalue weighted by Crippen LogP contribution is -2.05. The van der Waals surface area contributed by atoms with Gasteiger partial charge in [0.05, 0.1) is 17.9 Å². The normalized spacial score (nSPS) is 12.7. The summed E-state index contributed by atoms with van der Waals surface area (Å²) in [7, 11) is 1.92. The number of nitrogens with zero attached hydrogens (tertiary/aromatic N) is 2. The van der Waals surface area contributed by atoms with Gasteiger partial charge in [-0.05, 0) is 30.9 Å². The molecule has 0 radical (unpaired) electrons. The fraction of sp³-hybridized carbons (Fsp3) is 0.364. The minimum Gasteiger partial charge on any atom is -0.375 e. The Bertz CT molecular complexity index is 444. The standard InChI is InChI=1S/C11H15N3S/c1-8-4-5-15-11(8)9(2)13-10-6-12-14(3)7-10/h4-7,9,13H,1-3H3/t9-/m1/s1. The summed E-state index contributed by atoms with van der Waals surface area (Å²) in [4.78, 5) is 1.39. The molecule has 0 saturated carbocycles. The van der Waals surface area contributed by atoms with Crippen molar-refractivity contribution in [2.24, 2.45) is 7.05 Å². The van der Waals surface area contributed by atoms with Crippen LogP contribution in [0, 0.1) is 6.92 Å². The summed E-state index contributed by atoms with van der Waals surface area (Å²) in [5.74, 6) is 0. The van der Waals surface area contributed by atoms with Gasteiger partial charge in [-0.1, -0.05) is 0 Å². The first kappa shape index (κ1) is 10.2. The molecule has 0 unspecified atom stereocenters. The Labute approximate surface area is 93.7 Å². The molecule has 0 spiro atoms. The van der Waals surface area contributed by atoms with Crippen LogP contribution >= 0.6 is 11.3 Å². The Morgan fingerprint density at radius 3 is 2.87 bits per heavy atom. The fourth-order valence-electron chi connectivity index (χ4n) is 1.64. The summed E-state index contributed by atoms with van der Waals surface area (Å²) in [5.41, 5.74) is 2.42. The maximum atomic E-state index is 4.13. The Hall–Kier alpha value is -1.29. The molecule has 0 aromatic carbocycles. The molecule has 4 heteroatoms. The number of anilines is 1. The number of aromatic nitrogens is 2. The lowest BCUT2D eigenvalue weighted by Gasteiger charge is -2.12. The van der Waals surface area contributed by atoms with E-state index in [1.54, 1.807) is 16.0 Å². The van der Waals surface area contributed by atoms with Crippen molar-refractivity contribution >= 4 is 17.0 Å². The summed E-state index contributed by atoms with van der Waals surface area (Å²) in [6, 6.07) is 2.50. The van der Waals surface area contributed by atoms with Crippen molar-refractivity contribution in [1.29, 1.82) is 0 Å². The molecular formula is C11H15N3S. The number of hydrogen-bond donors (Lipinski definition) is 1. The molecule has 0 aliphatic carbocycles. The average Bonchev–Trinajstić information content (AvgIpc) is 2.75. The number of aryl methyl sites for hydroxylation is 2. The highest BCUT2D eigenvalue weighted by molar-refractivity contribution is 7.10. The smallest absolute Gasteiger partial charge is 0.0731 e. The van der Waals surface area contributed by atoms with Gasteiger partial charge in [0.1, 0.15) is 0 Å². The Kier molecular flexibility index (Phi) is 2.77. The quantitative estimate of drug-likeness (QED) is 0.863. The summed E-state index contributed by atoms with van der Waals surface area (Å²) in [6.07, 6.45) is 3.83. The van der Waals surface area contributed by atoms with Crippen molar-refractivity contribution in [3.63, 3.8) is 0 Å². The van der Waals surface area contributed by atoms with Gasteiger partial charge in [-0.2, -0.15) is 5.10 Å². The maximum Gasteiger partial charge on any atom is 0.0731 e. The van der Waals surface area contributed by atoms with Crippen LogP contribution in [0.15, 0.2) is 23.8 Å². The van der Waals surface area contributed by atoms with Gasteiger partial charge in [-0.25, -0.2) is 0 Å². The minimum absolute atomic E-state index is 0.342. The second-order valence-corrected chi connectivity index (χ2v) is 4.68. The molecule has 0 aliphatic heterocycles. The molecule has 15 heavy (non-hydrogen) atoms. The van der Waals surface area contributed by atoms with E-state index in [9.17, 15) is 0 Å². The van der Waals surface area contributed by atoms with Crippen LogP contribution in [0.4, 0.5) is 5.69 Å². The Morgan fingerprint density at radius 1 is 1.53 bits per heavy atom. The largest absolute Gasteiger partial charge is 0.375 e. The third kappa shape index (κ3) is 2.21. The highest BCUT2D eigenvalue weighted by Gasteiger charge is 2.09. The van der Waals surface area contributed by atoms with Crippen LogP contribution in [0.5, 0.6) is 0 Å². The molecule has 0 fully saturated rings. The van der Waals surface area contributed by atoms with Gasteiger partial charge >= 0.3 is 0 Å². The van der Waals surface area contributed by atoms with Gasteiger partial charge in [0, 0.05) is 18.1 Å². The summed E-state index contributed by atoms with van der Waals surface area (Å²) in [5, 5.41) is 9.70. The van der Waals surface area contributed by atoms with Gasteiger partial charge in [0.15, 0.2) is 0 Å². The number of thiophene rings is 1. The van der Waals surface area contributed by atoms with E-state index in [1.165, 1.54) is 10.4 Å². The summed E-state index contributed by atoms with van der Waals surface area (Å²) >= 11 is 1.79. The zero-order valence-corrected chi connectivity index (χ0v) is 10.0. The van der Waals surface area contributed by atoms with Gasteiger partial charge < -0.3 is 5.32 Å². The Morgan fingerprint density at radius 2 is 2.33 bits per heavy atom. The predicted octanol–water partition coefficient (Wildman–Crippen LogP) is 2.96. The first-order chi connectivity index (χ1) is 7.16. The zero-order valence-electron chi connectivity index (χ0n) is 9.19. The van der Waals surface area contributed by atoms with Crippen molar-refractivity contribution in [2.75, 3.05) is 5.32 Å². The van der Waals surface area contributed by atoms with E-state index in [0.717, 1.165) is 5.69 Å². The van der Waals surface area contributed by atoms with E-state index in [-0.39, 0.29) is 0 Å². The van der Waals surface area contributed by atoms with Gasteiger partial charge in [-0.3, -0.25) is 4.68 Å². The number of hydrogen-bond acceptors (Lipinski definition) is 3. The average molecular weight is 221 g/mol. The molecule has 0 aliphatic rings. The Balaban J connectivity index is 2.10. The van der Waals surface area contributed by atoms with Crippen LogP contribution in [0.25, 0.3) is 0 Å².